The summed E-state index contributed by atoms with van der Waals surface area (Å²) in [4.78, 5) is 5.22. The molecular formula is C16H20N2OS. The van der Waals surface area contributed by atoms with Crippen molar-refractivity contribution in [3.05, 3.63) is 45.9 Å². The Morgan fingerprint density at radius 2 is 2.40 bits per heavy atom. The predicted octanol–water partition coefficient (Wildman–Crippen LogP) is 3.71. The normalized spacial score (nSPS) is 17.1. The molecule has 1 atom stereocenters. The van der Waals surface area contributed by atoms with Gasteiger partial charge < -0.3 is 10.1 Å². The standard InChI is InChI=1S/C16H20N2OS/c1-2-7-18-16-6-3-12-8-13(4-5-15(12)16)19-10-14-9-17-11-20-14/h4-5,8-9,11,16,18H,2-3,6-7,10H2,1H3. The van der Waals surface area contributed by atoms with Crippen LogP contribution >= 0.6 is 11.3 Å². The number of aromatic nitrogens is 1. The van der Waals surface area contributed by atoms with E-state index in [1.807, 2.05) is 11.7 Å². The number of hydrogen-bond donors (Lipinski definition) is 1. The van der Waals surface area contributed by atoms with Crippen LogP contribution in [0.2, 0.25) is 0 Å². The summed E-state index contributed by atoms with van der Waals surface area (Å²) in [5, 5.41) is 3.61. The highest BCUT2D eigenvalue weighted by molar-refractivity contribution is 7.09. The number of rotatable bonds is 6. The monoisotopic (exact) mass is 288 g/mol. The molecule has 0 fully saturated rings. The molecule has 1 aromatic carbocycles. The van der Waals surface area contributed by atoms with Gasteiger partial charge in [-0.05, 0) is 49.1 Å². The smallest absolute Gasteiger partial charge is 0.124 e. The first kappa shape index (κ1) is 13.6. The number of ether oxygens (including phenoxy) is 1. The third-order valence-electron chi connectivity index (χ3n) is 3.70. The van der Waals surface area contributed by atoms with Gasteiger partial charge in [-0.25, -0.2) is 0 Å². The average molecular weight is 288 g/mol. The zero-order valence-electron chi connectivity index (χ0n) is 11.8. The van der Waals surface area contributed by atoms with Gasteiger partial charge in [0.1, 0.15) is 12.4 Å². The van der Waals surface area contributed by atoms with Crippen LogP contribution < -0.4 is 10.1 Å². The summed E-state index contributed by atoms with van der Waals surface area (Å²) in [5.41, 5.74) is 4.72. The molecule has 0 bridgehead atoms. The summed E-state index contributed by atoms with van der Waals surface area (Å²) in [6, 6.07) is 7.04. The van der Waals surface area contributed by atoms with E-state index in [0.717, 1.165) is 23.6 Å². The number of fused-ring (bicyclic) bond motifs is 1. The van der Waals surface area contributed by atoms with Crippen molar-refractivity contribution < 1.29 is 4.74 Å². The number of hydrogen-bond acceptors (Lipinski definition) is 4. The Balaban J connectivity index is 1.64. The van der Waals surface area contributed by atoms with E-state index in [2.05, 4.69) is 35.4 Å². The van der Waals surface area contributed by atoms with E-state index in [-0.39, 0.29) is 0 Å². The Bertz CT molecular complexity index is 554. The van der Waals surface area contributed by atoms with Crippen molar-refractivity contribution >= 4 is 11.3 Å². The highest BCUT2D eigenvalue weighted by Gasteiger charge is 2.21. The van der Waals surface area contributed by atoms with E-state index in [4.69, 9.17) is 4.74 Å². The minimum atomic E-state index is 0.528. The minimum absolute atomic E-state index is 0.528. The fourth-order valence-corrected chi connectivity index (χ4v) is 3.19. The molecule has 1 aliphatic rings. The van der Waals surface area contributed by atoms with Crippen LogP contribution in [0.1, 0.15) is 41.8 Å². The van der Waals surface area contributed by atoms with Crippen molar-refractivity contribution in [2.45, 2.75) is 38.8 Å². The lowest BCUT2D eigenvalue weighted by Crippen LogP contribution is -2.19. The highest BCUT2D eigenvalue weighted by atomic mass is 32.1. The molecule has 20 heavy (non-hydrogen) atoms. The Morgan fingerprint density at radius 1 is 1.45 bits per heavy atom. The van der Waals surface area contributed by atoms with E-state index in [1.54, 1.807) is 11.3 Å². The topological polar surface area (TPSA) is 34.1 Å². The van der Waals surface area contributed by atoms with Crippen LogP contribution in [0, 0.1) is 0 Å². The van der Waals surface area contributed by atoms with Crippen molar-refractivity contribution in [1.29, 1.82) is 0 Å². The molecule has 3 nitrogen and oxygen atoms in total. The van der Waals surface area contributed by atoms with Gasteiger partial charge in [0.15, 0.2) is 0 Å². The molecule has 0 saturated heterocycles. The molecule has 0 radical (unpaired) electrons. The second kappa shape index (κ2) is 6.37. The fraction of sp³-hybridized carbons (Fsp3) is 0.438. The quantitative estimate of drug-likeness (QED) is 0.880. The molecule has 0 amide bonds. The lowest BCUT2D eigenvalue weighted by atomic mass is 10.1. The molecule has 4 heteroatoms. The lowest BCUT2D eigenvalue weighted by Gasteiger charge is -2.13. The molecule has 1 unspecified atom stereocenters. The first-order valence-electron chi connectivity index (χ1n) is 7.23. The molecule has 0 saturated carbocycles. The van der Waals surface area contributed by atoms with Gasteiger partial charge in [-0.2, -0.15) is 0 Å². The summed E-state index contributed by atoms with van der Waals surface area (Å²) in [6.45, 7) is 3.91. The SMILES string of the molecule is CCCNC1CCc2cc(OCc3cncs3)ccc21. The second-order valence-electron chi connectivity index (χ2n) is 5.16. The van der Waals surface area contributed by atoms with Crippen molar-refractivity contribution in [3.63, 3.8) is 0 Å². The Morgan fingerprint density at radius 3 is 3.20 bits per heavy atom. The molecule has 1 aromatic heterocycles. The maximum Gasteiger partial charge on any atom is 0.124 e. The van der Waals surface area contributed by atoms with E-state index in [0.29, 0.717) is 12.6 Å². The van der Waals surface area contributed by atoms with E-state index >= 15 is 0 Å². The number of nitrogens with one attached hydrogen (secondary N) is 1. The summed E-state index contributed by atoms with van der Waals surface area (Å²) in [7, 11) is 0. The van der Waals surface area contributed by atoms with E-state index in [1.165, 1.54) is 24.0 Å². The molecule has 1 heterocycles. The van der Waals surface area contributed by atoms with Crippen LogP contribution in [-0.4, -0.2) is 11.5 Å². The van der Waals surface area contributed by atoms with Crippen molar-refractivity contribution in [2.24, 2.45) is 0 Å². The number of aryl methyl sites for hydroxylation is 1. The Kier molecular flexibility index (Phi) is 4.33. The molecule has 1 N–H and O–H groups in total. The van der Waals surface area contributed by atoms with Gasteiger partial charge >= 0.3 is 0 Å². The summed E-state index contributed by atoms with van der Waals surface area (Å²) in [5.74, 6) is 0.966. The molecule has 1 aliphatic carbocycles. The van der Waals surface area contributed by atoms with Crippen LogP contribution in [0.4, 0.5) is 0 Å². The van der Waals surface area contributed by atoms with Gasteiger partial charge in [0.05, 0.1) is 10.4 Å². The number of thiazole rings is 1. The molecule has 2 aromatic rings. The van der Waals surface area contributed by atoms with Crippen LogP contribution in [0.25, 0.3) is 0 Å². The molecule has 0 aliphatic heterocycles. The van der Waals surface area contributed by atoms with Gasteiger partial charge in [-0.1, -0.05) is 13.0 Å². The molecule has 0 spiro atoms. The third kappa shape index (κ3) is 3.02. The molecule has 3 rings (SSSR count). The van der Waals surface area contributed by atoms with E-state index < -0.39 is 0 Å². The summed E-state index contributed by atoms with van der Waals surface area (Å²) < 4.78 is 5.84. The maximum atomic E-state index is 5.84. The van der Waals surface area contributed by atoms with Crippen LogP contribution in [0.15, 0.2) is 29.9 Å². The first-order valence-corrected chi connectivity index (χ1v) is 8.11. The van der Waals surface area contributed by atoms with Crippen LogP contribution in [0.5, 0.6) is 5.75 Å². The zero-order chi connectivity index (χ0) is 13.8. The Labute approximate surface area is 124 Å². The average Bonchev–Trinajstić information content (AvgIpc) is 3.12. The van der Waals surface area contributed by atoms with Gasteiger partial charge in [0, 0.05) is 12.2 Å². The first-order chi connectivity index (χ1) is 9.86. The van der Waals surface area contributed by atoms with Gasteiger partial charge in [-0.3, -0.25) is 4.98 Å². The number of benzene rings is 1. The van der Waals surface area contributed by atoms with Crippen LogP contribution in [0.3, 0.4) is 0 Å². The minimum Gasteiger partial charge on any atom is -0.488 e. The number of nitrogens with zero attached hydrogens (tertiary/aromatic N) is 1. The molecule has 106 valence electrons. The molecular weight excluding hydrogens is 268 g/mol. The summed E-state index contributed by atoms with van der Waals surface area (Å²) in [6.07, 6.45) is 5.40. The van der Waals surface area contributed by atoms with Crippen LogP contribution in [-0.2, 0) is 13.0 Å². The van der Waals surface area contributed by atoms with Crippen molar-refractivity contribution in [3.8, 4) is 5.75 Å². The fourth-order valence-electron chi connectivity index (χ4n) is 2.68. The van der Waals surface area contributed by atoms with Crippen molar-refractivity contribution in [1.82, 2.24) is 10.3 Å². The summed E-state index contributed by atoms with van der Waals surface area (Å²) >= 11 is 1.63. The van der Waals surface area contributed by atoms with Crippen molar-refractivity contribution in [2.75, 3.05) is 6.54 Å². The Hall–Kier alpha value is -1.39. The van der Waals surface area contributed by atoms with E-state index in [9.17, 15) is 0 Å². The second-order valence-corrected chi connectivity index (χ2v) is 6.13. The van der Waals surface area contributed by atoms with Gasteiger partial charge in [-0.15, -0.1) is 11.3 Å². The zero-order valence-corrected chi connectivity index (χ0v) is 12.6. The highest BCUT2D eigenvalue weighted by Crippen LogP contribution is 2.33. The maximum absolute atomic E-state index is 5.84. The predicted molar refractivity (Wildman–Crippen MR) is 82.2 cm³/mol. The third-order valence-corrected chi connectivity index (χ3v) is 4.45. The van der Waals surface area contributed by atoms with Gasteiger partial charge in [0.2, 0.25) is 0 Å². The largest absolute Gasteiger partial charge is 0.488 e. The lowest BCUT2D eigenvalue weighted by molar-refractivity contribution is 0.309. The van der Waals surface area contributed by atoms with Gasteiger partial charge in [0.25, 0.3) is 0 Å².